The summed E-state index contributed by atoms with van der Waals surface area (Å²) in [5.74, 6) is -0.841. The Hall–Kier alpha value is -1.49. The van der Waals surface area contributed by atoms with Gasteiger partial charge in [-0.3, -0.25) is 0 Å². The van der Waals surface area contributed by atoms with E-state index in [1.165, 1.54) is 24.3 Å². The molecule has 20 heavy (non-hydrogen) atoms. The van der Waals surface area contributed by atoms with Gasteiger partial charge in [0.2, 0.25) is 0 Å². The van der Waals surface area contributed by atoms with Crippen LogP contribution < -0.4 is 5.32 Å². The lowest BCUT2D eigenvalue weighted by Crippen LogP contribution is -2.21. The maximum atomic E-state index is 13.3. The van der Waals surface area contributed by atoms with Gasteiger partial charge in [-0.2, -0.15) is 0 Å². The van der Waals surface area contributed by atoms with E-state index in [-0.39, 0.29) is 17.4 Å². The topological polar surface area (TPSA) is 32.3 Å². The van der Waals surface area contributed by atoms with Gasteiger partial charge in [0.25, 0.3) is 0 Å². The van der Waals surface area contributed by atoms with Gasteiger partial charge in [0.15, 0.2) is 0 Å². The Labute approximate surface area is 121 Å². The SMILES string of the molecule is OC(CNCc1ccc(F)cc1)c1ccc(Cl)c(F)c1. The fraction of sp³-hybridized carbons (Fsp3) is 0.200. The van der Waals surface area contributed by atoms with Gasteiger partial charge < -0.3 is 10.4 Å². The minimum absolute atomic E-state index is 0.0280. The standard InChI is InChI=1S/C15H14ClF2NO/c16-13-6-3-11(7-14(13)18)15(20)9-19-8-10-1-4-12(17)5-2-10/h1-7,15,19-20H,8-9H2. The molecule has 0 aliphatic heterocycles. The lowest BCUT2D eigenvalue weighted by molar-refractivity contribution is 0.174. The average Bonchev–Trinajstić information content (AvgIpc) is 2.44. The number of aliphatic hydroxyl groups excluding tert-OH is 1. The van der Waals surface area contributed by atoms with Crippen molar-refractivity contribution in [2.45, 2.75) is 12.6 Å². The number of benzene rings is 2. The fourth-order valence-electron chi connectivity index (χ4n) is 1.79. The quantitative estimate of drug-likeness (QED) is 0.886. The molecule has 0 heterocycles. The molecule has 2 N–H and O–H groups in total. The summed E-state index contributed by atoms with van der Waals surface area (Å²) in [7, 11) is 0. The van der Waals surface area contributed by atoms with Crippen LogP contribution in [0.3, 0.4) is 0 Å². The predicted molar refractivity (Wildman–Crippen MR) is 74.5 cm³/mol. The third-order valence-corrected chi connectivity index (χ3v) is 3.22. The Morgan fingerprint density at radius 1 is 1.10 bits per heavy atom. The maximum Gasteiger partial charge on any atom is 0.142 e. The zero-order valence-electron chi connectivity index (χ0n) is 10.6. The van der Waals surface area contributed by atoms with Gasteiger partial charge >= 0.3 is 0 Å². The summed E-state index contributed by atoms with van der Waals surface area (Å²) < 4.78 is 26.0. The molecule has 0 spiro atoms. The van der Waals surface area contributed by atoms with Gasteiger partial charge in [-0.25, -0.2) is 8.78 Å². The van der Waals surface area contributed by atoms with Crippen molar-refractivity contribution in [3.05, 3.63) is 70.2 Å². The third kappa shape index (κ3) is 4.00. The van der Waals surface area contributed by atoms with E-state index in [0.29, 0.717) is 12.1 Å². The highest BCUT2D eigenvalue weighted by Crippen LogP contribution is 2.19. The molecular formula is C15H14ClF2NO. The van der Waals surface area contributed by atoms with Crippen molar-refractivity contribution in [2.24, 2.45) is 0 Å². The van der Waals surface area contributed by atoms with E-state index in [1.807, 2.05) is 0 Å². The Morgan fingerprint density at radius 2 is 1.80 bits per heavy atom. The van der Waals surface area contributed by atoms with E-state index >= 15 is 0 Å². The smallest absolute Gasteiger partial charge is 0.142 e. The van der Waals surface area contributed by atoms with Crippen LogP contribution in [-0.4, -0.2) is 11.7 Å². The molecule has 0 radical (unpaired) electrons. The molecule has 5 heteroatoms. The normalized spacial score (nSPS) is 12.4. The van der Waals surface area contributed by atoms with Gasteiger partial charge in [0.05, 0.1) is 11.1 Å². The second kappa shape index (κ2) is 6.79. The van der Waals surface area contributed by atoms with Crippen LogP contribution in [-0.2, 0) is 6.54 Å². The monoisotopic (exact) mass is 297 g/mol. The highest BCUT2D eigenvalue weighted by atomic mass is 35.5. The van der Waals surface area contributed by atoms with E-state index in [2.05, 4.69) is 5.32 Å². The Kier molecular flexibility index (Phi) is 5.06. The number of rotatable bonds is 5. The Bertz CT molecular complexity index is 575. The number of hydrogen-bond donors (Lipinski definition) is 2. The van der Waals surface area contributed by atoms with E-state index in [1.54, 1.807) is 18.2 Å². The molecule has 0 bridgehead atoms. The largest absolute Gasteiger partial charge is 0.387 e. The first-order chi connectivity index (χ1) is 9.56. The molecular weight excluding hydrogens is 284 g/mol. The molecule has 0 amide bonds. The minimum atomic E-state index is -0.831. The predicted octanol–water partition coefficient (Wildman–Crippen LogP) is 3.44. The van der Waals surface area contributed by atoms with Gasteiger partial charge in [-0.1, -0.05) is 29.8 Å². The zero-order valence-corrected chi connectivity index (χ0v) is 11.4. The molecule has 106 valence electrons. The number of halogens is 3. The maximum absolute atomic E-state index is 13.3. The summed E-state index contributed by atoms with van der Waals surface area (Å²) in [6.07, 6.45) is -0.831. The number of aliphatic hydroxyl groups is 1. The van der Waals surface area contributed by atoms with Gasteiger partial charge in [0.1, 0.15) is 11.6 Å². The van der Waals surface area contributed by atoms with Crippen molar-refractivity contribution < 1.29 is 13.9 Å². The molecule has 0 saturated carbocycles. The lowest BCUT2D eigenvalue weighted by atomic mass is 10.1. The summed E-state index contributed by atoms with van der Waals surface area (Å²) in [4.78, 5) is 0. The van der Waals surface area contributed by atoms with Gasteiger partial charge in [-0.05, 0) is 35.4 Å². The van der Waals surface area contributed by atoms with Crippen LogP contribution in [0, 0.1) is 11.6 Å². The molecule has 1 atom stereocenters. The van der Waals surface area contributed by atoms with Crippen molar-refractivity contribution in [2.75, 3.05) is 6.54 Å². The first-order valence-corrected chi connectivity index (χ1v) is 6.52. The molecule has 2 rings (SSSR count). The van der Waals surface area contributed by atoms with Crippen molar-refractivity contribution in [1.82, 2.24) is 5.32 Å². The van der Waals surface area contributed by atoms with E-state index in [9.17, 15) is 13.9 Å². The second-order valence-corrected chi connectivity index (χ2v) is 4.85. The van der Waals surface area contributed by atoms with Crippen molar-refractivity contribution in [1.29, 1.82) is 0 Å². The molecule has 1 unspecified atom stereocenters. The van der Waals surface area contributed by atoms with E-state index in [4.69, 9.17) is 11.6 Å². The van der Waals surface area contributed by atoms with E-state index < -0.39 is 11.9 Å². The van der Waals surface area contributed by atoms with Crippen molar-refractivity contribution in [3.8, 4) is 0 Å². The number of nitrogens with one attached hydrogen (secondary N) is 1. The molecule has 0 aliphatic carbocycles. The molecule has 0 aliphatic rings. The molecule has 2 nitrogen and oxygen atoms in total. The summed E-state index contributed by atoms with van der Waals surface area (Å²) >= 11 is 5.58. The third-order valence-electron chi connectivity index (χ3n) is 2.91. The fourth-order valence-corrected chi connectivity index (χ4v) is 1.91. The minimum Gasteiger partial charge on any atom is -0.387 e. The van der Waals surface area contributed by atoms with Crippen LogP contribution in [0.25, 0.3) is 0 Å². The average molecular weight is 298 g/mol. The van der Waals surface area contributed by atoms with Gasteiger partial charge in [-0.15, -0.1) is 0 Å². The van der Waals surface area contributed by atoms with Crippen LogP contribution in [0.5, 0.6) is 0 Å². The highest BCUT2D eigenvalue weighted by molar-refractivity contribution is 6.30. The van der Waals surface area contributed by atoms with Crippen LogP contribution in [0.15, 0.2) is 42.5 Å². The first kappa shape index (κ1) is 14.9. The van der Waals surface area contributed by atoms with E-state index in [0.717, 1.165) is 5.56 Å². The lowest BCUT2D eigenvalue weighted by Gasteiger charge is -2.12. The Balaban J connectivity index is 1.87. The summed E-state index contributed by atoms with van der Waals surface area (Å²) in [6.45, 7) is 0.756. The summed E-state index contributed by atoms with van der Waals surface area (Å²) in [5, 5.41) is 13.0. The Morgan fingerprint density at radius 3 is 2.45 bits per heavy atom. The molecule has 0 aromatic heterocycles. The molecule has 2 aromatic carbocycles. The molecule has 0 saturated heterocycles. The highest BCUT2D eigenvalue weighted by Gasteiger charge is 2.09. The first-order valence-electron chi connectivity index (χ1n) is 6.14. The van der Waals surface area contributed by atoms with Crippen LogP contribution in [0.4, 0.5) is 8.78 Å². The number of hydrogen-bond acceptors (Lipinski definition) is 2. The second-order valence-electron chi connectivity index (χ2n) is 4.45. The van der Waals surface area contributed by atoms with Crippen LogP contribution in [0.2, 0.25) is 5.02 Å². The van der Waals surface area contributed by atoms with Crippen molar-refractivity contribution >= 4 is 11.6 Å². The zero-order chi connectivity index (χ0) is 14.5. The van der Waals surface area contributed by atoms with Gasteiger partial charge in [0, 0.05) is 13.1 Å². The molecule has 2 aromatic rings. The summed E-state index contributed by atoms with van der Waals surface area (Å²) in [5.41, 5.74) is 1.36. The van der Waals surface area contributed by atoms with Crippen LogP contribution >= 0.6 is 11.6 Å². The van der Waals surface area contributed by atoms with Crippen molar-refractivity contribution in [3.63, 3.8) is 0 Å². The molecule has 0 fully saturated rings. The van der Waals surface area contributed by atoms with Crippen LogP contribution in [0.1, 0.15) is 17.2 Å². The summed E-state index contributed by atoms with van der Waals surface area (Å²) in [6, 6.07) is 10.3.